The van der Waals surface area contributed by atoms with Gasteiger partial charge in [0, 0.05) is 10.4 Å². The Hall–Kier alpha value is -2.14. The second-order valence-electron chi connectivity index (χ2n) is 7.88. The number of thiophene rings is 1. The van der Waals surface area contributed by atoms with E-state index in [1.165, 1.54) is 16.2 Å². The van der Waals surface area contributed by atoms with Crippen LogP contribution < -0.4 is 5.32 Å². The lowest BCUT2D eigenvalue weighted by Gasteiger charge is -2.20. The van der Waals surface area contributed by atoms with Crippen LogP contribution in [-0.4, -0.2) is 17.5 Å². The van der Waals surface area contributed by atoms with Crippen LogP contribution in [-0.2, 0) is 17.6 Å². The van der Waals surface area contributed by atoms with E-state index in [0.29, 0.717) is 22.0 Å². The number of nitrogens with one attached hydrogen (secondary N) is 1. The molecule has 3 rings (SSSR count). The van der Waals surface area contributed by atoms with Crippen molar-refractivity contribution in [1.82, 2.24) is 0 Å². The number of amides is 1. The van der Waals surface area contributed by atoms with Crippen molar-refractivity contribution < 1.29 is 14.3 Å². The maximum atomic E-state index is 13.2. The van der Waals surface area contributed by atoms with Crippen molar-refractivity contribution in [3.8, 4) is 0 Å². The Bertz CT molecular complexity index is 818. The highest BCUT2D eigenvalue weighted by atomic mass is 32.1. The molecule has 1 amide bonds. The molecule has 0 aliphatic heterocycles. The van der Waals surface area contributed by atoms with E-state index in [9.17, 15) is 9.59 Å². The molecule has 1 aromatic carbocycles. The smallest absolute Gasteiger partial charge is 0.412 e. The summed E-state index contributed by atoms with van der Waals surface area (Å²) >= 11 is 1.51. The van der Waals surface area contributed by atoms with Gasteiger partial charge in [-0.15, -0.1) is 11.3 Å². The molecule has 1 aliphatic rings. The maximum absolute atomic E-state index is 13.2. The number of anilines is 1. The molecule has 0 radical (unpaired) electrons. The second-order valence-corrected chi connectivity index (χ2v) is 8.98. The molecule has 5 heteroatoms. The van der Waals surface area contributed by atoms with Gasteiger partial charge in [0.1, 0.15) is 10.6 Å². The fraction of sp³-hybridized carbons (Fsp3) is 0.429. The Morgan fingerprint density at radius 2 is 1.88 bits per heavy atom. The minimum atomic E-state index is -0.584. The van der Waals surface area contributed by atoms with Crippen LogP contribution in [0.15, 0.2) is 30.3 Å². The largest absolute Gasteiger partial charge is 0.444 e. The Morgan fingerprint density at radius 1 is 1.19 bits per heavy atom. The summed E-state index contributed by atoms with van der Waals surface area (Å²) in [6, 6.07) is 9.23. The zero-order valence-electron chi connectivity index (χ0n) is 15.7. The van der Waals surface area contributed by atoms with Gasteiger partial charge in [-0.3, -0.25) is 10.1 Å². The monoisotopic (exact) mass is 371 g/mol. The van der Waals surface area contributed by atoms with Gasteiger partial charge in [-0.05, 0) is 51.5 Å². The number of carbonyl (C=O) groups is 2. The SMILES string of the molecule is CC1CCc2c(sc(NC(=O)OC(C)(C)C)c2C(=O)c2ccccc2)C1. The Morgan fingerprint density at radius 3 is 2.54 bits per heavy atom. The first-order valence-electron chi connectivity index (χ1n) is 8.99. The standard InChI is InChI=1S/C21H25NO3S/c1-13-10-11-15-16(12-13)26-19(22-20(24)25-21(2,3)4)17(15)18(23)14-8-6-5-7-9-14/h5-9,13H,10-12H2,1-4H3,(H,22,24). The number of ether oxygens (including phenoxy) is 1. The molecule has 2 aromatic rings. The van der Waals surface area contributed by atoms with Crippen molar-refractivity contribution in [1.29, 1.82) is 0 Å². The quantitative estimate of drug-likeness (QED) is 0.730. The molecule has 1 aromatic heterocycles. The summed E-state index contributed by atoms with van der Waals surface area (Å²) in [6.07, 6.45) is 2.36. The van der Waals surface area contributed by atoms with Gasteiger partial charge in [0.2, 0.25) is 0 Å². The van der Waals surface area contributed by atoms with Crippen LogP contribution in [0.4, 0.5) is 9.80 Å². The third-order valence-electron chi connectivity index (χ3n) is 4.39. The second kappa shape index (κ2) is 7.23. The van der Waals surface area contributed by atoms with Crippen molar-refractivity contribution in [3.05, 3.63) is 51.9 Å². The molecule has 26 heavy (non-hydrogen) atoms. The lowest BCUT2D eigenvalue weighted by atomic mass is 9.86. The van der Waals surface area contributed by atoms with Gasteiger partial charge in [0.25, 0.3) is 0 Å². The van der Waals surface area contributed by atoms with E-state index < -0.39 is 11.7 Å². The third-order valence-corrected chi connectivity index (χ3v) is 5.56. The highest BCUT2D eigenvalue weighted by molar-refractivity contribution is 7.17. The Labute approximate surface area is 158 Å². The first kappa shape index (κ1) is 18.6. The summed E-state index contributed by atoms with van der Waals surface area (Å²) < 4.78 is 5.38. The average molecular weight is 372 g/mol. The van der Waals surface area contributed by atoms with Crippen LogP contribution in [0, 0.1) is 5.92 Å². The summed E-state index contributed by atoms with van der Waals surface area (Å²) in [5.41, 5.74) is 1.78. The number of rotatable bonds is 3. The van der Waals surface area contributed by atoms with Crippen molar-refractivity contribution in [2.75, 3.05) is 5.32 Å². The topological polar surface area (TPSA) is 55.4 Å². The predicted molar refractivity (Wildman–Crippen MR) is 105 cm³/mol. The molecular weight excluding hydrogens is 346 g/mol. The van der Waals surface area contributed by atoms with Gasteiger partial charge in [-0.25, -0.2) is 4.79 Å². The van der Waals surface area contributed by atoms with Crippen molar-refractivity contribution >= 4 is 28.2 Å². The van der Waals surface area contributed by atoms with Crippen molar-refractivity contribution in [2.24, 2.45) is 5.92 Å². The number of carbonyl (C=O) groups excluding carboxylic acids is 2. The molecule has 4 nitrogen and oxygen atoms in total. The van der Waals surface area contributed by atoms with Crippen LogP contribution >= 0.6 is 11.3 Å². The highest BCUT2D eigenvalue weighted by Gasteiger charge is 2.29. The van der Waals surface area contributed by atoms with E-state index in [1.807, 2.05) is 51.1 Å². The molecule has 1 heterocycles. The van der Waals surface area contributed by atoms with E-state index in [0.717, 1.165) is 24.8 Å². The van der Waals surface area contributed by atoms with E-state index >= 15 is 0 Å². The van der Waals surface area contributed by atoms with Crippen LogP contribution in [0.3, 0.4) is 0 Å². The molecule has 1 N–H and O–H groups in total. The molecule has 1 aliphatic carbocycles. The molecule has 0 saturated carbocycles. The summed E-state index contributed by atoms with van der Waals surface area (Å²) in [5.74, 6) is 0.555. The molecule has 138 valence electrons. The van der Waals surface area contributed by atoms with Gasteiger partial charge in [0.15, 0.2) is 5.78 Å². The lowest BCUT2D eigenvalue weighted by molar-refractivity contribution is 0.0636. The molecule has 0 spiro atoms. The van der Waals surface area contributed by atoms with Gasteiger partial charge < -0.3 is 4.74 Å². The predicted octanol–water partition coefficient (Wildman–Crippen LogP) is 5.45. The van der Waals surface area contributed by atoms with Gasteiger partial charge in [0.05, 0.1) is 5.56 Å². The lowest BCUT2D eigenvalue weighted by Crippen LogP contribution is -2.27. The van der Waals surface area contributed by atoms with Gasteiger partial charge in [-0.1, -0.05) is 37.3 Å². The fourth-order valence-corrected chi connectivity index (χ4v) is 4.60. The summed E-state index contributed by atoms with van der Waals surface area (Å²) in [5, 5.41) is 3.43. The molecule has 0 bridgehead atoms. The van der Waals surface area contributed by atoms with Crippen molar-refractivity contribution in [2.45, 2.75) is 52.6 Å². The first-order chi connectivity index (χ1) is 12.2. The van der Waals surface area contributed by atoms with E-state index in [4.69, 9.17) is 4.74 Å². The molecule has 1 atom stereocenters. The number of hydrogen-bond acceptors (Lipinski definition) is 4. The first-order valence-corrected chi connectivity index (χ1v) is 9.80. The molecule has 1 unspecified atom stereocenters. The summed E-state index contributed by atoms with van der Waals surface area (Å²) in [7, 11) is 0. The maximum Gasteiger partial charge on any atom is 0.412 e. The van der Waals surface area contributed by atoms with Gasteiger partial charge in [-0.2, -0.15) is 0 Å². The Kier molecular flexibility index (Phi) is 5.19. The summed E-state index contributed by atoms with van der Waals surface area (Å²) in [6.45, 7) is 7.69. The third kappa shape index (κ3) is 4.15. The van der Waals surface area contributed by atoms with Crippen LogP contribution in [0.25, 0.3) is 0 Å². The minimum Gasteiger partial charge on any atom is -0.444 e. The van der Waals surface area contributed by atoms with Crippen LogP contribution in [0.1, 0.15) is 60.5 Å². The Balaban J connectivity index is 1.98. The van der Waals surface area contributed by atoms with E-state index in [-0.39, 0.29) is 5.78 Å². The summed E-state index contributed by atoms with van der Waals surface area (Å²) in [4.78, 5) is 26.6. The molecule has 0 saturated heterocycles. The van der Waals surface area contributed by atoms with E-state index in [1.54, 1.807) is 0 Å². The van der Waals surface area contributed by atoms with Crippen LogP contribution in [0.2, 0.25) is 0 Å². The van der Waals surface area contributed by atoms with E-state index in [2.05, 4.69) is 12.2 Å². The van der Waals surface area contributed by atoms with Crippen LogP contribution in [0.5, 0.6) is 0 Å². The number of fused-ring (bicyclic) bond motifs is 1. The minimum absolute atomic E-state index is 0.0382. The number of hydrogen-bond donors (Lipinski definition) is 1. The number of ketones is 1. The number of benzene rings is 1. The zero-order chi connectivity index (χ0) is 18.9. The molecule has 0 fully saturated rings. The van der Waals surface area contributed by atoms with Gasteiger partial charge >= 0.3 is 6.09 Å². The fourth-order valence-electron chi connectivity index (χ4n) is 3.21. The zero-order valence-corrected chi connectivity index (χ0v) is 16.5. The highest BCUT2D eigenvalue weighted by Crippen LogP contribution is 2.40. The average Bonchev–Trinajstić information content (AvgIpc) is 2.89. The normalized spacial score (nSPS) is 16.7. The van der Waals surface area contributed by atoms with Crippen molar-refractivity contribution in [3.63, 3.8) is 0 Å². The molecular formula is C21H25NO3S.